The minimum atomic E-state index is -0.0879. The average Bonchev–Trinajstić information content (AvgIpc) is 3.34. The van der Waals surface area contributed by atoms with Crippen molar-refractivity contribution in [2.75, 3.05) is 6.54 Å². The number of likely N-dealkylation sites (tertiary alicyclic amines) is 1. The van der Waals surface area contributed by atoms with Crippen molar-refractivity contribution in [2.45, 2.75) is 32.7 Å². The van der Waals surface area contributed by atoms with Gasteiger partial charge in [-0.15, -0.1) is 0 Å². The van der Waals surface area contributed by atoms with E-state index in [1.807, 2.05) is 36.9 Å². The van der Waals surface area contributed by atoms with Gasteiger partial charge in [0.15, 0.2) is 11.6 Å². The summed E-state index contributed by atoms with van der Waals surface area (Å²) in [6.45, 7) is 4.45. The molecule has 25 heavy (non-hydrogen) atoms. The molecule has 3 aromatic rings. The first-order valence-electron chi connectivity index (χ1n) is 8.31. The fraction of sp³-hybridized carbons (Fsp3) is 0.353. The zero-order valence-corrected chi connectivity index (χ0v) is 14.2. The molecule has 0 aliphatic carbocycles. The summed E-state index contributed by atoms with van der Waals surface area (Å²) >= 11 is 0. The first-order valence-corrected chi connectivity index (χ1v) is 8.31. The maximum absolute atomic E-state index is 13.1. The van der Waals surface area contributed by atoms with Gasteiger partial charge in [-0.1, -0.05) is 6.07 Å². The fourth-order valence-electron chi connectivity index (χ4n) is 3.27. The Morgan fingerprint density at radius 1 is 1.32 bits per heavy atom. The van der Waals surface area contributed by atoms with Gasteiger partial charge in [0.25, 0.3) is 5.91 Å². The second-order valence-corrected chi connectivity index (χ2v) is 6.18. The third-order valence-electron chi connectivity index (χ3n) is 4.53. The molecule has 0 saturated carbocycles. The number of hydrogen-bond donors (Lipinski definition) is 1. The van der Waals surface area contributed by atoms with Gasteiger partial charge in [-0.2, -0.15) is 10.2 Å². The van der Waals surface area contributed by atoms with E-state index in [9.17, 15) is 4.79 Å². The van der Waals surface area contributed by atoms with Gasteiger partial charge in [0.1, 0.15) is 5.82 Å². The fourth-order valence-corrected chi connectivity index (χ4v) is 3.27. The van der Waals surface area contributed by atoms with Gasteiger partial charge >= 0.3 is 0 Å². The molecular formula is C17H19N7O. The van der Waals surface area contributed by atoms with E-state index < -0.39 is 0 Å². The lowest BCUT2D eigenvalue weighted by atomic mass is 10.2. The van der Waals surface area contributed by atoms with Crippen LogP contribution in [0.4, 0.5) is 0 Å². The summed E-state index contributed by atoms with van der Waals surface area (Å²) in [6.07, 6.45) is 5.14. The lowest BCUT2D eigenvalue weighted by Gasteiger charge is -2.22. The van der Waals surface area contributed by atoms with Gasteiger partial charge in [0.2, 0.25) is 0 Å². The number of aromatic nitrogens is 6. The third-order valence-corrected chi connectivity index (χ3v) is 4.53. The summed E-state index contributed by atoms with van der Waals surface area (Å²) in [5.41, 5.74) is 1.37. The zero-order valence-electron chi connectivity index (χ0n) is 14.2. The summed E-state index contributed by atoms with van der Waals surface area (Å²) in [5.74, 6) is 2.10. The van der Waals surface area contributed by atoms with Gasteiger partial charge < -0.3 is 4.90 Å². The molecule has 1 fully saturated rings. The van der Waals surface area contributed by atoms with Crippen molar-refractivity contribution in [3.63, 3.8) is 0 Å². The summed E-state index contributed by atoms with van der Waals surface area (Å²) < 4.78 is 1.69. The summed E-state index contributed by atoms with van der Waals surface area (Å²) in [6, 6.07) is 5.52. The minimum absolute atomic E-state index is 0.0374. The third kappa shape index (κ3) is 2.69. The highest BCUT2D eigenvalue weighted by Crippen LogP contribution is 2.31. The maximum Gasteiger partial charge on any atom is 0.257 e. The number of rotatable bonds is 3. The first-order chi connectivity index (χ1) is 12.1. The van der Waals surface area contributed by atoms with E-state index in [0.717, 1.165) is 24.4 Å². The first kappa shape index (κ1) is 15.5. The van der Waals surface area contributed by atoms with Crippen LogP contribution in [-0.2, 0) is 0 Å². The van der Waals surface area contributed by atoms with Crippen molar-refractivity contribution < 1.29 is 4.79 Å². The van der Waals surface area contributed by atoms with Crippen LogP contribution in [0.25, 0.3) is 5.82 Å². The second-order valence-electron chi connectivity index (χ2n) is 6.18. The van der Waals surface area contributed by atoms with Gasteiger partial charge in [-0.3, -0.25) is 9.89 Å². The van der Waals surface area contributed by atoms with Crippen LogP contribution in [-0.4, -0.2) is 47.3 Å². The number of nitrogens with zero attached hydrogens (tertiary/aromatic N) is 6. The quantitative estimate of drug-likeness (QED) is 0.789. The number of amides is 1. The van der Waals surface area contributed by atoms with E-state index in [1.165, 1.54) is 0 Å². The summed E-state index contributed by atoms with van der Waals surface area (Å²) in [7, 11) is 0. The lowest BCUT2D eigenvalue weighted by Crippen LogP contribution is -2.31. The molecule has 1 aliphatic rings. The van der Waals surface area contributed by atoms with E-state index in [1.54, 1.807) is 17.1 Å². The molecule has 1 N–H and O–H groups in total. The Labute approximate surface area is 144 Å². The molecule has 4 heterocycles. The number of aromatic amines is 1. The molecule has 8 nitrogen and oxygen atoms in total. The molecule has 128 valence electrons. The molecule has 0 spiro atoms. The van der Waals surface area contributed by atoms with Gasteiger partial charge in [-0.25, -0.2) is 14.6 Å². The molecular weight excluding hydrogens is 318 g/mol. The van der Waals surface area contributed by atoms with Crippen molar-refractivity contribution in [1.29, 1.82) is 0 Å². The van der Waals surface area contributed by atoms with Crippen LogP contribution in [0.1, 0.15) is 46.6 Å². The molecule has 1 aliphatic heterocycles. The number of carbonyl (C=O) groups is 1. The van der Waals surface area contributed by atoms with Crippen LogP contribution in [0, 0.1) is 13.8 Å². The molecule has 1 amide bonds. The Hall–Kier alpha value is -3.03. The molecule has 8 heteroatoms. The molecule has 1 atom stereocenters. The van der Waals surface area contributed by atoms with Crippen LogP contribution in [0.5, 0.6) is 0 Å². The number of carbonyl (C=O) groups excluding carboxylic acids is 1. The van der Waals surface area contributed by atoms with Crippen LogP contribution in [0.2, 0.25) is 0 Å². The number of pyridine rings is 1. The highest BCUT2D eigenvalue weighted by molar-refractivity contribution is 5.95. The molecule has 0 radical (unpaired) electrons. The van der Waals surface area contributed by atoms with Crippen molar-refractivity contribution in [3.8, 4) is 5.82 Å². The number of aryl methyl sites for hydroxylation is 1. The predicted molar refractivity (Wildman–Crippen MR) is 90.2 cm³/mol. The van der Waals surface area contributed by atoms with E-state index in [4.69, 9.17) is 0 Å². The molecule has 4 rings (SSSR count). The highest BCUT2D eigenvalue weighted by atomic mass is 16.2. The van der Waals surface area contributed by atoms with E-state index in [-0.39, 0.29) is 11.9 Å². The van der Waals surface area contributed by atoms with Crippen molar-refractivity contribution in [3.05, 3.63) is 53.5 Å². The highest BCUT2D eigenvalue weighted by Gasteiger charge is 2.34. The van der Waals surface area contributed by atoms with Crippen molar-refractivity contribution in [2.24, 2.45) is 0 Å². The lowest BCUT2D eigenvalue weighted by molar-refractivity contribution is 0.0729. The Balaban J connectivity index is 1.64. The number of H-pyrrole nitrogens is 1. The summed E-state index contributed by atoms with van der Waals surface area (Å²) in [4.78, 5) is 23.6. The Morgan fingerprint density at radius 3 is 2.92 bits per heavy atom. The molecule has 0 bridgehead atoms. The molecule has 3 aromatic heterocycles. The Morgan fingerprint density at radius 2 is 2.20 bits per heavy atom. The van der Waals surface area contributed by atoms with Gasteiger partial charge in [-0.05, 0) is 38.8 Å². The SMILES string of the molecule is Cc1nc([C@@H]2CCCN2C(=O)c2cnn(-c3ccccn3)c2C)n[nH]1. The monoisotopic (exact) mass is 337 g/mol. The predicted octanol–water partition coefficient (Wildman–Crippen LogP) is 1.98. The van der Waals surface area contributed by atoms with E-state index in [2.05, 4.69) is 25.3 Å². The second kappa shape index (κ2) is 6.12. The summed E-state index contributed by atoms with van der Waals surface area (Å²) in [5, 5.41) is 11.4. The number of hydrogen-bond acceptors (Lipinski definition) is 5. The Bertz CT molecular complexity index is 899. The van der Waals surface area contributed by atoms with Gasteiger partial charge in [0.05, 0.1) is 23.5 Å². The normalized spacial score (nSPS) is 17.2. The average molecular weight is 337 g/mol. The van der Waals surface area contributed by atoms with Gasteiger partial charge in [0, 0.05) is 12.7 Å². The largest absolute Gasteiger partial charge is 0.328 e. The zero-order chi connectivity index (χ0) is 17.4. The van der Waals surface area contributed by atoms with Crippen LogP contribution < -0.4 is 0 Å². The molecule has 0 aromatic carbocycles. The number of nitrogens with one attached hydrogen (secondary N) is 1. The topological polar surface area (TPSA) is 92.6 Å². The van der Waals surface area contributed by atoms with Crippen LogP contribution in [0.3, 0.4) is 0 Å². The van der Waals surface area contributed by atoms with E-state index >= 15 is 0 Å². The minimum Gasteiger partial charge on any atom is -0.328 e. The van der Waals surface area contributed by atoms with Crippen molar-refractivity contribution in [1.82, 2.24) is 34.8 Å². The van der Waals surface area contributed by atoms with Crippen molar-refractivity contribution >= 4 is 5.91 Å². The molecule has 1 saturated heterocycles. The van der Waals surface area contributed by atoms with E-state index in [0.29, 0.717) is 23.8 Å². The standard InChI is InChI=1S/C17H19N7O/c1-11-13(10-19-24(11)15-7-3-4-8-18-15)17(25)23-9-5-6-14(23)16-20-12(2)21-22-16/h3-4,7-8,10,14H,5-6,9H2,1-2H3,(H,20,21,22)/t14-/m0/s1. The smallest absolute Gasteiger partial charge is 0.257 e. The van der Waals surface area contributed by atoms with Crippen LogP contribution in [0.15, 0.2) is 30.6 Å². The maximum atomic E-state index is 13.1. The van der Waals surface area contributed by atoms with Crippen LogP contribution >= 0.6 is 0 Å². The Kier molecular flexibility index (Phi) is 3.79. The molecule has 0 unspecified atom stereocenters.